The second kappa shape index (κ2) is 6.43. The molecule has 3 N–H and O–H groups in total. The van der Waals surface area contributed by atoms with Crippen molar-refractivity contribution in [2.45, 2.75) is 13.8 Å². The van der Waals surface area contributed by atoms with Crippen LogP contribution in [0.4, 0.5) is 0 Å². The van der Waals surface area contributed by atoms with Crippen molar-refractivity contribution in [2.24, 2.45) is 11.7 Å². The van der Waals surface area contributed by atoms with Crippen LogP contribution in [0.3, 0.4) is 0 Å². The smallest absolute Gasteiger partial charge is 0.255 e. The maximum absolute atomic E-state index is 12.3. The Balaban J connectivity index is 3.03. The Morgan fingerprint density at radius 1 is 1.42 bits per heavy atom. The van der Waals surface area contributed by atoms with Crippen molar-refractivity contribution in [3.05, 3.63) is 28.8 Å². The predicted octanol–water partition coefficient (Wildman–Crippen LogP) is 1.63. The van der Waals surface area contributed by atoms with Crippen molar-refractivity contribution in [3.63, 3.8) is 0 Å². The van der Waals surface area contributed by atoms with E-state index in [4.69, 9.17) is 17.3 Å². The van der Waals surface area contributed by atoms with Crippen molar-refractivity contribution in [1.82, 2.24) is 4.90 Å². The van der Waals surface area contributed by atoms with Crippen LogP contribution in [0, 0.1) is 5.92 Å². The third kappa shape index (κ3) is 4.44. The molecule has 0 aromatic heterocycles. The molecule has 0 heterocycles. The van der Waals surface area contributed by atoms with Gasteiger partial charge in [-0.15, -0.1) is 0 Å². The Hall–Kier alpha value is -1.75. The molecule has 0 saturated heterocycles. The minimum Gasteiger partial charge on any atom is -0.508 e. The quantitative estimate of drug-likeness (QED) is 0.862. The number of phenols is 1. The SMILES string of the molecule is CC(C)CN(CC(N)=O)C(=O)c1cc(O)ccc1Cl. The third-order valence-electron chi connectivity index (χ3n) is 2.40. The molecule has 0 radical (unpaired) electrons. The zero-order valence-corrected chi connectivity index (χ0v) is 11.6. The van der Waals surface area contributed by atoms with E-state index in [-0.39, 0.29) is 28.8 Å². The number of halogens is 1. The van der Waals surface area contributed by atoms with Gasteiger partial charge in [0.2, 0.25) is 5.91 Å². The molecule has 1 rings (SSSR count). The molecule has 5 nitrogen and oxygen atoms in total. The Morgan fingerprint density at radius 2 is 2.05 bits per heavy atom. The molecule has 2 amide bonds. The van der Waals surface area contributed by atoms with Crippen LogP contribution in [0.5, 0.6) is 5.75 Å². The van der Waals surface area contributed by atoms with Gasteiger partial charge in [-0.3, -0.25) is 9.59 Å². The van der Waals surface area contributed by atoms with E-state index in [1.54, 1.807) is 0 Å². The summed E-state index contributed by atoms with van der Waals surface area (Å²) in [7, 11) is 0. The summed E-state index contributed by atoms with van der Waals surface area (Å²) in [5.41, 5.74) is 5.29. The van der Waals surface area contributed by atoms with Crippen LogP contribution >= 0.6 is 11.6 Å². The van der Waals surface area contributed by atoms with E-state index in [9.17, 15) is 14.7 Å². The number of nitrogens with zero attached hydrogens (tertiary/aromatic N) is 1. The van der Waals surface area contributed by atoms with Crippen LogP contribution in [0.2, 0.25) is 5.02 Å². The molecule has 0 aliphatic rings. The number of hydrogen-bond acceptors (Lipinski definition) is 3. The highest BCUT2D eigenvalue weighted by molar-refractivity contribution is 6.33. The van der Waals surface area contributed by atoms with Gasteiger partial charge in [0.1, 0.15) is 5.75 Å². The molecule has 0 bridgehead atoms. The van der Waals surface area contributed by atoms with E-state index >= 15 is 0 Å². The number of carbonyl (C=O) groups excluding carboxylic acids is 2. The van der Waals surface area contributed by atoms with Crippen molar-refractivity contribution in [1.29, 1.82) is 0 Å². The average Bonchev–Trinajstić information content (AvgIpc) is 2.29. The fourth-order valence-electron chi connectivity index (χ4n) is 1.70. The molecule has 1 aromatic rings. The highest BCUT2D eigenvalue weighted by atomic mass is 35.5. The van der Waals surface area contributed by atoms with Gasteiger partial charge in [0, 0.05) is 6.54 Å². The summed E-state index contributed by atoms with van der Waals surface area (Å²) in [6.07, 6.45) is 0. The minimum atomic E-state index is -0.592. The summed E-state index contributed by atoms with van der Waals surface area (Å²) in [6.45, 7) is 4.05. The number of aromatic hydroxyl groups is 1. The predicted molar refractivity (Wildman–Crippen MR) is 73.1 cm³/mol. The average molecular weight is 285 g/mol. The van der Waals surface area contributed by atoms with Crippen LogP contribution < -0.4 is 5.73 Å². The van der Waals surface area contributed by atoms with Crippen LogP contribution in [0.25, 0.3) is 0 Å². The lowest BCUT2D eigenvalue weighted by Crippen LogP contribution is -2.40. The molecule has 0 atom stereocenters. The maximum Gasteiger partial charge on any atom is 0.255 e. The monoisotopic (exact) mass is 284 g/mol. The van der Waals surface area contributed by atoms with Crippen molar-refractivity contribution in [3.8, 4) is 5.75 Å². The van der Waals surface area contributed by atoms with Gasteiger partial charge in [-0.1, -0.05) is 25.4 Å². The van der Waals surface area contributed by atoms with E-state index < -0.39 is 11.8 Å². The molecule has 0 fully saturated rings. The van der Waals surface area contributed by atoms with Crippen LogP contribution in [-0.2, 0) is 4.79 Å². The molecule has 0 unspecified atom stereocenters. The molecular weight excluding hydrogens is 268 g/mol. The van der Waals surface area contributed by atoms with Gasteiger partial charge in [0.05, 0.1) is 17.1 Å². The van der Waals surface area contributed by atoms with E-state index in [0.717, 1.165) is 0 Å². The molecular formula is C13H17ClN2O3. The standard InChI is InChI=1S/C13H17ClN2O3/c1-8(2)6-16(7-12(15)18)13(19)10-5-9(17)3-4-11(10)14/h3-5,8,17H,6-7H2,1-2H3,(H2,15,18). The molecule has 6 heteroatoms. The fourth-order valence-corrected chi connectivity index (χ4v) is 1.89. The van der Waals surface area contributed by atoms with E-state index in [1.165, 1.54) is 23.1 Å². The van der Waals surface area contributed by atoms with Gasteiger partial charge in [0.15, 0.2) is 0 Å². The Kier molecular flexibility index (Phi) is 5.18. The molecule has 1 aromatic carbocycles. The Labute approximate surface area is 117 Å². The first-order valence-corrected chi connectivity index (χ1v) is 6.25. The summed E-state index contributed by atoms with van der Waals surface area (Å²) in [5.74, 6) is -0.894. The molecule has 0 saturated carbocycles. The van der Waals surface area contributed by atoms with Crippen LogP contribution in [0.15, 0.2) is 18.2 Å². The molecule has 0 aliphatic carbocycles. The zero-order valence-electron chi connectivity index (χ0n) is 10.9. The van der Waals surface area contributed by atoms with E-state index in [1.807, 2.05) is 13.8 Å². The number of benzene rings is 1. The van der Waals surface area contributed by atoms with Gasteiger partial charge in [-0.05, 0) is 24.1 Å². The van der Waals surface area contributed by atoms with Gasteiger partial charge in [-0.25, -0.2) is 0 Å². The van der Waals surface area contributed by atoms with E-state index in [0.29, 0.717) is 6.54 Å². The highest BCUT2D eigenvalue weighted by Crippen LogP contribution is 2.22. The molecule has 104 valence electrons. The van der Waals surface area contributed by atoms with Crippen molar-refractivity contribution in [2.75, 3.05) is 13.1 Å². The summed E-state index contributed by atoms with van der Waals surface area (Å²) in [5, 5.41) is 9.63. The highest BCUT2D eigenvalue weighted by Gasteiger charge is 2.21. The first kappa shape index (κ1) is 15.3. The first-order chi connectivity index (χ1) is 8.81. The third-order valence-corrected chi connectivity index (χ3v) is 2.73. The van der Waals surface area contributed by atoms with Crippen LogP contribution in [0.1, 0.15) is 24.2 Å². The summed E-state index contributed by atoms with van der Waals surface area (Å²) >= 11 is 5.93. The summed E-state index contributed by atoms with van der Waals surface area (Å²) in [4.78, 5) is 24.7. The first-order valence-electron chi connectivity index (χ1n) is 5.87. The number of carbonyl (C=O) groups is 2. The number of phenolic OH excluding ortho intramolecular Hbond substituents is 1. The molecule has 19 heavy (non-hydrogen) atoms. The lowest BCUT2D eigenvalue weighted by molar-refractivity contribution is -0.118. The van der Waals surface area contributed by atoms with Crippen molar-refractivity contribution < 1.29 is 14.7 Å². The number of amides is 2. The summed E-state index contributed by atoms with van der Waals surface area (Å²) < 4.78 is 0. The Bertz CT molecular complexity index is 489. The molecule has 0 aliphatic heterocycles. The number of primary amides is 1. The van der Waals surface area contributed by atoms with Crippen molar-refractivity contribution >= 4 is 23.4 Å². The van der Waals surface area contributed by atoms with E-state index in [2.05, 4.69) is 0 Å². The largest absolute Gasteiger partial charge is 0.508 e. The second-order valence-electron chi connectivity index (χ2n) is 4.71. The second-order valence-corrected chi connectivity index (χ2v) is 5.12. The zero-order chi connectivity index (χ0) is 14.6. The minimum absolute atomic E-state index is 0.0590. The fraction of sp³-hybridized carbons (Fsp3) is 0.385. The van der Waals surface area contributed by atoms with Gasteiger partial charge in [0.25, 0.3) is 5.91 Å². The maximum atomic E-state index is 12.3. The lowest BCUT2D eigenvalue weighted by Gasteiger charge is -2.23. The topological polar surface area (TPSA) is 83.6 Å². The van der Waals surface area contributed by atoms with Crippen LogP contribution in [-0.4, -0.2) is 34.9 Å². The Morgan fingerprint density at radius 3 is 2.58 bits per heavy atom. The number of hydrogen-bond donors (Lipinski definition) is 2. The van der Waals surface area contributed by atoms with Gasteiger partial charge in [-0.2, -0.15) is 0 Å². The van der Waals surface area contributed by atoms with Gasteiger partial charge < -0.3 is 15.7 Å². The number of nitrogens with two attached hydrogens (primary N) is 1. The summed E-state index contributed by atoms with van der Waals surface area (Å²) in [6, 6.07) is 4.10. The lowest BCUT2D eigenvalue weighted by atomic mass is 10.1. The molecule has 0 spiro atoms. The normalized spacial score (nSPS) is 10.5. The number of rotatable bonds is 5. The van der Waals surface area contributed by atoms with Gasteiger partial charge >= 0.3 is 0 Å².